The summed E-state index contributed by atoms with van der Waals surface area (Å²) in [5.41, 5.74) is 2.68. The molecule has 172 valence electrons. The van der Waals surface area contributed by atoms with Crippen molar-refractivity contribution in [2.75, 3.05) is 7.11 Å². The minimum Gasteiger partial charge on any atom is -0.467 e. The fourth-order valence-electron chi connectivity index (χ4n) is 4.18. The van der Waals surface area contributed by atoms with Gasteiger partial charge in [0.25, 0.3) is 11.5 Å². The molecule has 0 fully saturated rings. The van der Waals surface area contributed by atoms with E-state index in [0.29, 0.717) is 11.6 Å². The van der Waals surface area contributed by atoms with Crippen LogP contribution in [0, 0.1) is 5.92 Å². The third-order valence-corrected chi connectivity index (χ3v) is 6.26. The predicted octanol–water partition coefficient (Wildman–Crippen LogP) is 4.14. The van der Waals surface area contributed by atoms with Crippen LogP contribution in [0.2, 0.25) is 5.02 Å². The van der Waals surface area contributed by atoms with E-state index in [4.69, 9.17) is 16.3 Å². The first-order chi connectivity index (χ1) is 15.3. The number of hydrogen-bond acceptors (Lipinski definition) is 4. The van der Waals surface area contributed by atoms with E-state index < -0.39 is 17.9 Å². The van der Waals surface area contributed by atoms with Gasteiger partial charge in [-0.3, -0.25) is 9.59 Å². The van der Waals surface area contributed by atoms with Crippen LogP contribution in [-0.2, 0) is 28.9 Å². The fraction of sp³-hybridized carbons (Fsp3) is 0.480. The second kappa shape index (κ2) is 10.8. The molecule has 0 saturated carbocycles. The smallest absolute Gasteiger partial charge is 0.328 e. The molecule has 1 heterocycles. The zero-order valence-electron chi connectivity index (χ0n) is 18.9. The Labute approximate surface area is 193 Å². The lowest BCUT2D eigenvalue weighted by Crippen LogP contribution is -2.47. The van der Waals surface area contributed by atoms with Crippen molar-refractivity contribution in [2.24, 2.45) is 5.92 Å². The van der Waals surface area contributed by atoms with Gasteiger partial charge in [-0.1, -0.05) is 50.4 Å². The molecule has 32 heavy (non-hydrogen) atoms. The lowest BCUT2D eigenvalue weighted by molar-refractivity contribution is -0.144. The number of benzene rings is 1. The summed E-state index contributed by atoms with van der Waals surface area (Å²) in [6, 6.07) is 8.29. The molecule has 1 aromatic heterocycles. The predicted molar refractivity (Wildman–Crippen MR) is 125 cm³/mol. The number of nitrogens with zero attached hydrogens (tertiary/aromatic N) is 1. The summed E-state index contributed by atoms with van der Waals surface area (Å²) >= 11 is 6.02. The molecule has 0 bridgehead atoms. The Bertz CT molecular complexity index is 1030. The van der Waals surface area contributed by atoms with Gasteiger partial charge in [-0.05, 0) is 60.9 Å². The van der Waals surface area contributed by atoms with Gasteiger partial charge in [0.05, 0.1) is 13.7 Å². The van der Waals surface area contributed by atoms with Crippen LogP contribution in [0.15, 0.2) is 35.1 Å². The Hall–Kier alpha value is -2.60. The quantitative estimate of drug-likeness (QED) is 0.660. The van der Waals surface area contributed by atoms with E-state index in [9.17, 15) is 14.4 Å². The normalized spacial score (nSPS) is 14.8. The Kier molecular flexibility index (Phi) is 8.13. The maximum Gasteiger partial charge on any atom is 0.328 e. The number of hydrogen-bond donors (Lipinski definition) is 1. The highest BCUT2D eigenvalue weighted by Gasteiger charge is 2.28. The summed E-state index contributed by atoms with van der Waals surface area (Å²) in [6.07, 6.45) is 5.92. The van der Waals surface area contributed by atoms with Crippen molar-refractivity contribution in [2.45, 2.75) is 65.0 Å². The Morgan fingerprint density at radius 2 is 1.75 bits per heavy atom. The Balaban J connectivity index is 2.05. The SMILES string of the molecule is COC(=O)[C@@H](NC(=O)c1cc2c(n(Cc3ccc(Cl)cc3)c1=O)CCCCCC2)C(C)C. The highest BCUT2D eigenvalue weighted by molar-refractivity contribution is 6.30. The topological polar surface area (TPSA) is 77.4 Å². The third kappa shape index (κ3) is 5.60. The Morgan fingerprint density at radius 1 is 1.09 bits per heavy atom. The summed E-state index contributed by atoms with van der Waals surface area (Å²) in [5.74, 6) is -1.25. The number of carbonyl (C=O) groups excluding carboxylic acids is 2. The number of carbonyl (C=O) groups is 2. The molecular weight excluding hydrogens is 428 g/mol. The van der Waals surface area contributed by atoms with Gasteiger partial charge in [-0.2, -0.15) is 0 Å². The second-order valence-electron chi connectivity index (χ2n) is 8.68. The first-order valence-electron chi connectivity index (χ1n) is 11.2. The van der Waals surface area contributed by atoms with E-state index in [-0.39, 0.29) is 17.0 Å². The standard InChI is InChI=1S/C25H31ClN2O4/c1-16(2)22(25(31)32-3)27-23(29)20-14-18-8-6-4-5-7-9-21(18)28(24(20)30)15-17-10-12-19(26)13-11-17/h10-14,16,22H,4-9,15H2,1-3H3,(H,27,29)/t22-/m0/s1. The van der Waals surface area contributed by atoms with Crippen LogP contribution in [0.3, 0.4) is 0 Å². The van der Waals surface area contributed by atoms with Crippen LogP contribution in [0.4, 0.5) is 0 Å². The van der Waals surface area contributed by atoms with Crippen molar-refractivity contribution in [3.63, 3.8) is 0 Å². The highest BCUT2D eigenvalue weighted by atomic mass is 35.5. The zero-order valence-corrected chi connectivity index (χ0v) is 19.7. The fourth-order valence-corrected chi connectivity index (χ4v) is 4.31. The molecule has 1 aliphatic rings. The minimum atomic E-state index is -0.821. The molecule has 7 heteroatoms. The first-order valence-corrected chi connectivity index (χ1v) is 11.6. The molecule has 1 amide bonds. The molecule has 6 nitrogen and oxygen atoms in total. The highest BCUT2D eigenvalue weighted by Crippen LogP contribution is 2.21. The van der Waals surface area contributed by atoms with Gasteiger partial charge in [-0.25, -0.2) is 4.79 Å². The second-order valence-corrected chi connectivity index (χ2v) is 9.12. The molecule has 2 aromatic rings. The van der Waals surface area contributed by atoms with Crippen molar-refractivity contribution in [1.29, 1.82) is 0 Å². The summed E-state index contributed by atoms with van der Waals surface area (Å²) in [5, 5.41) is 3.34. The van der Waals surface area contributed by atoms with Crippen LogP contribution >= 0.6 is 11.6 Å². The number of aromatic nitrogens is 1. The maximum atomic E-state index is 13.5. The molecule has 0 aliphatic heterocycles. The van der Waals surface area contributed by atoms with Crippen molar-refractivity contribution >= 4 is 23.5 Å². The van der Waals surface area contributed by atoms with Gasteiger partial charge in [0.1, 0.15) is 11.6 Å². The first kappa shape index (κ1) is 24.1. The summed E-state index contributed by atoms with van der Waals surface area (Å²) < 4.78 is 6.55. The van der Waals surface area contributed by atoms with E-state index >= 15 is 0 Å². The number of pyridine rings is 1. The number of aryl methyl sites for hydroxylation is 1. The lowest BCUT2D eigenvalue weighted by atomic mass is 9.95. The van der Waals surface area contributed by atoms with Gasteiger partial charge in [-0.15, -0.1) is 0 Å². The van der Waals surface area contributed by atoms with Crippen LogP contribution in [0.5, 0.6) is 0 Å². The Morgan fingerprint density at radius 3 is 2.38 bits per heavy atom. The van der Waals surface area contributed by atoms with Crippen molar-refractivity contribution in [3.8, 4) is 0 Å². The van der Waals surface area contributed by atoms with Gasteiger partial charge in [0.15, 0.2) is 0 Å². The van der Waals surface area contributed by atoms with Gasteiger partial charge < -0.3 is 14.6 Å². The third-order valence-electron chi connectivity index (χ3n) is 6.01. The molecule has 1 N–H and O–H groups in total. The monoisotopic (exact) mass is 458 g/mol. The molecule has 0 spiro atoms. The minimum absolute atomic E-state index is 0.0628. The molecule has 0 saturated heterocycles. The van der Waals surface area contributed by atoms with E-state index in [2.05, 4.69) is 5.32 Å². The molecule has 1 aliphatic carbocycles. The van der Waals surface area contributed by atoms with E-state index in [1.54, 1.807) is 22.8 Å². The lowest BCUT2D eigenvalue weighted by Gasteiger charge is -2.23. The summed E-state index contributed by atoms with van der Waals surface area (Å²) in [4.78, 5) is 38.8. The van der Waals surface area contributed by atoms with Crippen molar-refractivity contribution < 1.29 is 14.3 Å². The molecule has 0 unspecified atom stereocenters. The number of methoxy groups -OCH3 is 1. The van der Waals surface area contributed by atoms with Gasteiger partial charge in [0.2, 0.25) is 0 Å². The van der Waals surface area contributed by atoms with Gasteiger partial charge in [0, 0.05) is 10.7 Å². The maximum absolute atomic E-state index is 13.5. The van der Waals surface area contributed by atoms with Crippen molar-refractivity contribution in [3.05, 3.63) is 68.1 Å². The number of fused-ring (bicyclic) bond motifs is 1. The summed E-state index contributed by atoms with van der Waals surface area (Å²) in [7, 11) is 1.29. The van der Waals surface area contributed by atoms with E-state index in [1.165, 1.54) is 7.11 Å². The van der Waals surface area contributed by atoms with E-state index in [1.807, 2.05) is 26.0 Å². The number of ether oxygens (including phenoxy) is 1. The van der Waals surface area contributed by atoms with Crippen LogP contribution in [-0.4, -0.2) is 29.6 Å². The number of halogens is 1. The average molecular weight is 459 g/mol. The van der Waals surface area contributed by atoms with Crippen LogP contribution in [0.25, 0.3) is 0 Å². The largest absolute Gasteiger partial charge is 0.467 e. The number of nitrogens with one attached hydrogen (secondary N) is 1. The zero-order chi connectivity index (χ0) is 23.3. The average Bonchev–Trinajstić information content (AvgIpc) is 2.75. The molecule has 0 radical (unpaired) electrons. The summed E-state index contributed by atoms with van der Waals surface area (Å²) in [6.45, 7) is 4.01. The molecule has 1 atom stereocenters. The van der Waals surface area contributed by atoms with Crippen molar-refractivity contribution in [1.82, 2.24) is 9.88 Å². The number of rotatable bonds is 6. The van der Waals surface area contributed by atoms with Gasteiger partial charge >= 0.3 is 5.97 Å². The molecule has 3 rings (SSSR count). The van der Waals surface area contributed by atoms with Crippen LogP contribution in [0.1, 0.15) is 66.7 Å². The molecule has 1 aromatic carbocycles. The number of esters is 1. The molecular formula is C25H31ClN2O4. The van der Waals surface area contributed by atoms with Crippen LogP contribution < -0.4 is 10.9 Å². The number of amides is 1. The van der Waals surface area contributed by atoms with E-state index in [0.717, 1.165) is 55.3 Å².